The van der Waals surface area contributed by atoms with Crippen LogP contribution < -0.4 is 5.73 Å². The average molecular weight is 412 g/mol. The molecule has 1 aliphatic carbocycles. The minimum atomic E-state index is -0.374. The molecule has 1 nitrogen and oxygen atoms in total. The molecule has 0 fully saturated rings. The summed E-state index contributed by atoms with van der Waals surface area (Å²) in [4.78, 5) is 0. The zero-order valence-corrected chi connectivity index (χ0v) is 16.3. The van der Waals surface area contributed by atoms with Crippen molar-refractivity contribution < 1.29 is 0 Å². The van der Waals surface area contributed by atoms with E-state index in [1.54, 1.807) is 0 Å². The third-order valence-electron chi connectivity index (χ3n) is 5.57. The van der Waals surface area contributed by atoms with E-state index < -0.39 is 0 Å². The predicted molar refractivity (Wildman–Crippen MR) is 116 cm³/mol. The lowest BCUT2D eigenvalue weighted by Crippen LogP contribution is -2.29. The number of nitrogen functional groups attached to an aromatic ring is 1. The summed E-state index contributed by atoms with van der Waals surface area (Å²) in [7, 11) is 0. The molecule has 0 aliphatic heterocycles. The predicted octanol–water partition coefficient (Wildman–Crippen LogP) is 6.39. The van der Waals surface area contributed by atoms with Gasteiger partial charge in [-0.1, -0.05) is 94.8 Å². The van der Waals surface area contributed by atoms with E-state index in [9.17, 15) is 0 Å². The van der Waals surface area contributed by atoms with Crippen LogP contribution in [0.1, 0.15) is 22.3 Å². The Balaban J connectivity index is 1.98. The number of anilines is 1. The highest BCUT2D eigenvalue weighted by molar-refractivity contribution is 9.10. The third kappa shape index (κ3) is 2.23. The maximum atomic E-state index is 6.02. The van der Waals surface area contributed by atoms with Crippen LogP contribution in [0.15, 0.2) is 102 Å². The summed E-state index contributed by atoms with van der Waals surface area (Å²) in [6.45, 7) is 0. The van der Waals surface area contributed by atoms with Crippen molar-refractivity contribution in [3.8, 4) is 11.1 Å². The van der Waals surface area contributed by atoms with Gasteiger partial charge in [-0.25, -0.2) is 0 Å². The van der Waals surface area contributed by atoms with Crippen LogP contribution in [0.4, 0.5) is 5.69 Å². The SMILES string of the molecule is Nc1ccc(C2(c3ccccc3Br)c3ccccc3-c3ccccc32)cc1. The van der Waals surface area contributed by atoms with Gasteiger partial charge in [-0.05, 0) is 51.6 Å². The Hall–Kier alpha value is -2.84. The fourth-order valence-electron chi connectivity index (χ4n) is 4.49. The highest BCUT2D eigenvalue weighted by atomic mass is 79.9. The smallest absolute Gasteiger partial charge is 0.0724 e. The molecule has 1 aliphatic rings. The van der Waals surface area contributed by atoms with Crippen LogP contribution in [0.2, 0.25) is 0 Å². The summed E-state index contributed by atoms with van der Waals surface area (Å²) in [6.07, 6.45) is 0. The maximum absolute atomic E-state index is 6.02. The Morgan fingerprint density at radius 1 is 0.556 bits per heavy atom. The highest BCUT2D eigenvalue weighted by Crippen LogP contribution is 2.57. The van der Waals surface area contributed by atoms with Crippen molar-refractivity contribution in [2.45, 2.75) is 5.41 Å². The molecule has 0 unspecified atom stereocenters. The Morgan fingerprint density at radius 3 is 1.59 bits per heavy atom. The quantitative estimate of drug-likeness (QED) is 0.334. The van der Waals surface area contributed by atoms with Gasteiger partial charge in [0.25, 0.3) is 0 Å². The van der Waals surface area contributed by atoms with Crippen LogP contribution in [0.5, 0.6) is 0 Å². The van der Waals surface area contributed by atoms with Crippen LogP contribution in [0, 0.1) is 0 Å². The normalized spacial score (nSPS) is 13.8. The Morgan fingerprint density at radius 2 is 1.04 bits per heavy atom. The average Bonchev–Trinajstić information content (AvgIpc) is 3.01. The molecule has 2 N–H and O–H groups in total. The zero-order chi connectivity index (χ0) is 18.4. The topological polar surface area (TPSA) is 26.0 Å². The fourth-order valence-corrected chi connectivity index (χ4v) is 5.07. The van der Waals surface area contributed by atoms with E-state index in [1.165, 1.54) is 33.4 Å². The molecule has 0 saturated carbocycles. The second-order valence-electron chi connectivity index (χ2n) is 6.94. The molecule has 27 heavy (non-hydrogen) atoms. The Labute approximate surface area is 167 Å². The lowest BCUT2D eigenvalue weighted by molar-refractivity contribution is 0.764. The molecule has 130 valence electrons. The molecule has 4 aromatic rings. The first-order valence-electron chi connectivity index (χ1n) is 9.03. The van der Waals surface area contributed by atoms with Crippen molar-refractivity contribution in [2.75, 3.05) is 5.73 Å². The largest absolute Gasteiger partial charge is 0.399 e. The summed E-state index contributed by atoms with van der Waals surface area (Å²) >= 11 is 3.83. The van der Waals surface area contributed by atoms with E-state index in [-0.39, 0.29) is 5.41 Å². The standard InChI is InChI=1S/C25H18BrN/c26-24-12-6-5-11-23(24)25(17-13-15-18(27)16-14-17)21-9-3-1-7-19(21)20-8-2-4-10-22(20)25/h1-16H,27H2. The van der Waals surface area contributed by atoms with Gasteiger partial charge in [-0.2, -0.15) is 0 Å². The molecular formula is C25H18BrN. The Kier molecular flexibility index (Phi) is 3.70. The number of hydrogen-bond donors (Lipinski definition) is 1. The van der Waals surface area contributed by atoms with Crippen LogP contribution in [-0.4, -0.2) is 0 Å². The monoisotopic (exact) mass is 411 g/mol. The van der Waals surface area contributed by atoms with E-state index in [1.807, 2.05) is 12.1 Å². The van der Waals surface area contributed by atoms with Gasteiger partial charge in [0.15, 0.2) is 0 Å². The van der Waals surface area contributed by atoms with Crippen LogP contribution >= 0.6 is 15.9 Å². The van der Waals surface area contributed by atoms with Crippen molar-refractivity contribution >= 4 is 21.6 Å². The van der Waals surface area contributed by atoms with E-state index >= 15 is 0 Å². The molecule has 0 atom stereocenters. The second kappa shape index (κ2) is 6.11. The summed E-state index contributed by atoms with van der Waals surface area (Å²) in [5.41, 5.74) is 14.1. The molecular weight excluding hydrogens is 394 g/mol. The van der Waals surface area contributed by atoms with Gasteiger partial charge in [0.05, 0.1) is 5.41 Å². The fraction of sp³-hybridized carbons (Fsp3) is 0.0400. The van der Waals surface area contributed by atoms with E-state index in [4.69, 9.17) is 5.73 Å². The molecule has 0 heterocycles. The van der Waals surface area contributed by atoms with E-state index in [0.29, 0.717) is 0 Å². The van der Waals surface area contributed by atoms with Gasteiger partial charge in [-0.3, -0.25) is 0 Å². The number of halogens is 1. The molecule has 0 aromatic heterocycles. The van der Waals surface area contributed by atoms with Crippen molar-refractivity contribution in [3.05, 3.63) is 124 Å². The molecule has 0 spiro atoms. The summed E-state index contributed by atoms with van der Waals surface area (Å²) in [5.74, 6) is 0. The van der Waals surface area contributed by atoms with Gasteiger partial charge in [0.1, 0.15) is 0 Å². The molecule has 2 heteroatoms. The number of hydrogen-bond acceptors (Lipinski definition) is 1. The molecule has 0 bridgehead atoms. The molecule has 0 saturated heterocycles. The molecule has 0 radical (unpaired) electrons. The number of fused-ring (bicyclic) bond motifs is 3. The van der Waals surface area contributed by atoms with Gasteiger partial charge < -0.3 is 5.73 Å². The van der Waals surface area contributed by atoms with Crippen LogP contribution in [0.3, 0.4) is 0 Å². The Bertz CT molecular complexity index is 1100. The molecule has 4 aromatic carbocycles. The minimum absolute atomic E-state index is 0.374. The molecule has 5 rings (SSSR count). The van der Waals surface area contributed by atoms with Crippen molar-refractivity contribution in [3.63, 3.8) is 0 Å². The van der Waals surface area contributed by atoms with Crippen LogP contribution in [-0.2, 0) is 5.41 Å². The highest BCUT2D eigenvalue weighted by Gasteiger charge is 2.46. The van der Waals surface area contributed by atoms with Gasteiger partial charge >= 0.3 is 0 Å². The van der Waals surface area contributed by atoms with Gasteiger partial charge in [0, 0.05) is 10.2 Å². The lowest BCUT2D eigenvalue weighted by Gasteiger charge is -2.34. The molecule has 0 amide bonds. The van der Waals surface area contributed by atoms with Gasteiger partial charge in [-0.15, -0.1) is 0 Å². The van der Waals surface area contributed by atoms with Crippen molar-refractivity contribution in [1.29, 1.82) is 0 Å². The first-order valence-corrected chi connectivity index (χ1v) is 9.82. The number of nitrogens with two attached hydrogens (primary N) is 1. The first-order chi connectivity index (χ1) is 13.2. The summed E-state index contributed by atoms with van der Waals surface area (Å²) in [6, 6.07) is 34.3. The van der Waals surface area contributed by atoms with Crippen molar-refractivity contribution in [1.82, 2.24) is 0 Å². The van der Waals surface area contributed by atoms with Crippen LogP contribution in [0.25, 0.3) is 11.1 Å². The van der Waals surface area contributed by atoms with E-state index in [2.05, 4.69) is 101 Å². The van der Waals surface area contributed by atoms with Crippen molar-refractivity contribution in [2.24, 2.45) is 0 Å². The number of rotatable bonds is 2. The van der Waals surface area contributed by atoms with Gasteiger partial charge in [0.2, 0.25) is 0 Å². The number of benzene rings is 4. The summed E-state index contributed by atoms with van der Waals surface area (Å²) in [5, 5.41) is 0. The first kappa shape index (κ1) is 16.3. The maximum Gasteiger partial charge on any atom is 0.0724 e. The minimum Gasteiger partial charge on any atom is -0.399 e. The second-order valence-corrected chi connectivity index (χ2v) is 7.80. The van der Waals surface area contributed by atoms with E-state index in [0.717, 1.165) is 10.2 Å². The zero-order valence-electron chi connectivity index (χ0n) is 14.7. The third-order valence-corrected chi connectivity index (χ3v) is 6.27. The lowest BCUT2D eigenvalue weighted by atomic mass is 9.68. The summed E-state index contributed by atoms with van der Waals surface area (Å²) < 4.78 is 1.10.